The van der Waals surface area contributed by atoms with E-state index in [1.54, 1.807) is 19.1 Å². The smallest absolute Gasteiger partial charge is 0.330 e. The Morgan fingerprint density at radius 2 is 1.86 bits per heavy atom. The highest BCUT2D eigenvalue weighted by Crippen LogP contribution is 2.20. The van der Waals surface area contributed by atoms with Gasteiger partial charge in [0.1, 0.15) is 5.82 Å². The van der Waals surface area contributed by atoms with Gasteiger partial charge in [0, 0.05) is 26.8 Å². The molecule has 2 amide bonds. The van der Waals surface area contributed by atoms with Gasteiger partial charge in [-0.2, -0.15) is 0 Å². The zero-order chi connectivity index (χ0) is 25.8. The number of ether oxygens (including phenoxy) is 1. The Bertz CT molecular complexity index is 1080. The number of hydrogen-bond donors (Lipinski definition) is 3. The average Bonchev–Trinajstić information content (AvgIpc) is 2.81. The van der Waals surface area contributed by atoms with Crippen molar-refractivity contribution in [1.82, 2.24) is 19.8 Å². The standard InChI is InChI=1S/C24H36N6O5/c1-4-5-13-29-22(25)21(23(33)27-24(29)34)30(15-18-10-7-6-8-11-18)20(32)17-28(2)16-19(31)26-12-9-14-35-3/h6-8,10-11H,4-5,9,12-17,25H2,1-3H3,(H,26,31)(H,27,33,34). The number of unbranched alkanes of at least 4 members (excludes halogenated alkanes) is 1. The van der Waals surface area contributed by atoms with Gasteiger partial charge in [0.05, 0.1) is 19.6 Å². The fraction of sp³-hybridized carbons (Fsp3) is 0.500. The number of methoxy groups -OCH3 is 1. The van der Waals surface area contributed by atoms with E-state index in [4.69, 9.17) is 10.5 Å². The molecule has 0 unspecified atom stereocenters. The number of H-pyrrole nitrogens is 1. The van der Waals surface area contributed by atoms with Gasteiger partial charge in [-0.3, -0.25) is 33.7 Å². The van der Waals surface area contributed by atoms with Crippen molar-refractivity contribution in [1.29, 1.82) is 0 Å². The molecule has 1 aromatic heterocycles. The molecule has 4 N–H and O–H groups in total. The number of likely N-dealkylation sites (N-methyl/N-ethyl adjacent to an activating group) is 1. The van der Waals surface area contributed by atoms with Crippen molar-refractivity contribution >= 4 is 23.3 Å². The Kier molecular flexibility index (Phi) is 11.2. The maximum atomic E-state index is 13.4. The summed E-state index contributed by atoms with van der Waals surface area (Å²) in [4.78, 5) is 55.9. The van der Waals surface area contributed by atoms with Gasteiger partial charge in [-0.15, -0.1) is 0 Å². The lowest BCUT2D eigenvalue weighted by molar-refractivity contribution is -0.123. The SMILES string of the molecule is CCCCn1c(N)c(N(Cc2ccccc2)C(=O)CN(C)CC(=O)NCCCOC)c(=O)[nH]c1=O. The molecule has 0 aliphatic heterocycles. The third-order valence-corrected chi connectivity index (χ3v) is 5.37. The molecule has 0 atom stereocenters. The summed E-state index contributed by atoms with van der Waals surface area (Å²) in [7, 11) is 3.24. The normalized spacial score (nSPS) is 11.0. The van der Waals surface area contributed by atoms with E-state index in [0.29, 0.717) is 32.5 Å². The minimum Gasteiger partial charge on any atom is -0.385 e. The first-order valence-corrected chi connectivity index (χ1v) is 11.7. The van der Waals surface area contributed by atoms with Crippen LogP contribution in [0.25, 0.3) is 0 Å². The van der Waals surface area contributed by atoms with Gasteiger partial charge in [-0.25, -0.2) is 4.79 Å². The molecule has 0 fully saturated rings. The van der Waals surface area contributed by atoms with Crippen molar-refractivity contribution in [3.63, 3.8) is 0 Å². The molecule has 0 aliphatic carbocycles. The molecule has 1 heterocycles. The number of nitrogens with zero attached hydrogens (tertiary/aromatic N) is 3. The van der Waals surface area contributed by atoms with E-state index < -0.39 is 17.2 Å². The molecule has 2 rings (SSSR count). The van der Waals surface area contributed by atoms with Gasteiger partial charge in [-0.1, -0.05) is 43.7 Å². The number of rotatable bonds is 14. The monoisotopic (exact) mass is 488 g/mol. The zero-order valence-electron chi connectivity index (χ0n) is 20.7. The van der Waals surface area contributed by atoms with Crippen LogP contribution in [0.5, 0.6) is 0 Å². The molecule has 1 aromatic carbocycles. The first-order valence-electron chi connectivity index (χ1n) is 11.7. The van der Waals surface area contributed by atoms with E-state index in [0.717, 1.165) is 12.0 Å². The van der Waals surface area contributed by atoms with E-state index in [2.05, 4.69) is 10.3 Å². The van der Waals surface area contributed by atoms with Crippen LogP contribution in [0.3, 0.4) is 0 Å². The summed E-state index contributed by atoms with van der Waals surface area (Å²) in [5.41, 5.74) is 5.63. The Morgan fingerprint density at radius 3 is 2.51 bits per heavy atom. The van der Waals surface area contributed by atoms with Gasteiger partial charge in [0.25, 0.3) is 5.56 Å². The number of anilines is 2. The number of amides is 2. The quantitative estimate of drug-likeness (QED) is 0.329. The van der Waals surface area contributed by atoms with E-state index in [1.807, 2.05) is 37.3 Å². The first kappa shape index (κ1) is 27.8. The van der Waals surface area contributed by atoms with Gasteiger partial charge >= 0.3 is 5.69 Å². The summed E-state index contributed by atoms with van der Waals surface area (Å²) in [6.07, 6.45) is 2.20. The molecule has 35 heavy (non-hydrogen) atoms. The van der Waals surface area contributed by atoms with Crippen LogP contribution in [0.15, 0.2) is 39.9 Å². The number of aromatic nitrogens is 2. The van der Waals surface area contributed by atoms with Crippen LogP contribution in [0.4, 0.5) is 11.5 Å². The topological polar surface area (TPSA) is 143 Å². The summed E-state index contributed by atoms with van der Waals surface area (Å²) < 4.78 is 6.24. The van der Waals surface area contributed by atoms with Crippen molar-refractivity contribution in [3.05, 3.63) is 56.7 Å². The molecule has 0 radical (unpaired) electrons. The van der Waals surface area contributed by atoms with Crippen LogP contribution < -0.4 is 27.2 Å². The molecule has 0 saturated heterocycles. The van der Waals surface area contributed by atoms with Crippen molar-refractivity contribution in [2.24, 2.45) is 0 Å². The Hall–Kier alpha value is -3.44. The highest BCUT2D eigenvalue weighted by Gasteiger charge is 2.25. The van der Waals surface area contributed by atoms with Gasteiger partial charge < -0.3 is 15.8 Å². The van der Waals surface area contributed by atoms with Crippen LogP contribution in [-0.2, 0) is 27.4 Å². The fourth-order valence-electron chi connectivity index (χ4n) is 3.55. The van der Waals surface area contributed by atoms with Crippen LogP contribution >= 0.6 is 0 Å². The molecule has 0 aliphatic rings. The first-order chi connectivity index (χ1) is 16.8. The van der Waals surface area contributed by atoms with Crippen molar-refractivity contribution in [2.45, 2.75) is 39.3 Å². The van der Waals surface area contributed by atoms with Gasteiger partial charge in [-0.05, 0) is 25.5 Å². The number of aromatic amines is 1. The van der Waals surface area contributed by atoms with Crippen LogP contribution in [-0.4, -0.2) is 66.7 Å². The molecular formula is C24H36N6O5. The zero-order valence-corrected chi connectivity index (χ0v) is 20.7. The molecule has 0 spiro atoms. The van der Waals surface area contributed by atoms with Crippen LogP contribution in [0, 0.1) is 0 Å². The Balaban J connectivity index is 2.29. The summed E-state index contributed by atoms with van der Waals surface area (Å²) in [5, 5.41) is 2.78. The highest BCUT2D eigenvalue weighted by atomic mass is 16.5. The fourth-order valence-corrected chi connectivity index (χ4v) is 3.55. The van der Waals surface area contributed by atoms with Gasteiger partial charge in [0.2, 0.25) is 11.8 Å². The summed E-state index contributed by atoms with van der Waals surface area (Å²) >= 11 is 0. The predicted octanol–water partition coefficient (Wildman–Crippen LogP) is 0.537. The second-order valence-electron chi connectivity index (χ2n) is 8.33. The largest absolute Gasteiger partial charge is 0.385 e. The second kappa shape index (κ2) is 14.1. The molecular weight excluding hydrogens is 452 g/mol. The Morgan fingerprint density at radius 1 is 1.14 bits per heavy atom. The average molecular weight is 489 g/mol. The van der Waals surface area contributed by atoms with E-state index in [9.17, 15) is 19.2 Å². The summed E-state index contributed by atoms with van der Waals surface area (Å²) in [5.74, 6) is -0.715. The predicted molar refractivity (Wildman–Crippen MR) is 135 cm³/mol. The van der Waals surface area contributed by atoms with Crippen LogP contribution in [0.2, 0.25) is 0 Å². The second-order valence-corrected chi connectivity index (χ2v) is 8.33. The molecule has 2 aromatic rings. The lowest BCUT2D eigenvalue weighted by Crippen LogP contribution is -2.46. The molecule has 192 valence electrons. The third kappa shape index (κ3) is 8.37. The summed E-state index contributed by atoms with van der Waals surface area (Å²) in [6, 6.07) is 9.16. The van der Waals surface area contributed by atoms with E-state index in [1.165, 1.54) is 9.47 Å². The minimum absolute atomic E-state index is 0.000262. The number of benzene rings is 1. The third-order valence-electron chi connectivity index (χ3n) is 5.37. The van der Waals surface area contributed by atoms with Crippen molar-refractivity contribution in [3.8, 4) is 0 Å². The number of carbonyl (C=O) groups is 2. The number of nitrogens with one attached hydrogen (secondary N) is 2. The maximum Gasteiger partial charge on any atom is 0.330 e. The van der Waals surface area contributed by atoms with Crippen LogP contribution in [0.1, 0.15) is 31.7 Å². The lowest BCUT2D eigenvalue weighted by atomic mass is 10.2. The highest BCUT2D eigenvalue weighted by molar-refractivity contribution is 5.97. The van der Waals surface area contributed by atoms with Crippen molar-refractivity contribution < 1.29 is 14.3 Å². The Labute approximate surface area is 204 Å². The number of carbonyl (C=O) groups excluding carboxylic acids is 2. The summed E-state index contributed by atoms with van der Waals surface area (Å²) in [6.45, 7) is 3.25. The number of hydrogen-bond acceptors (Lipinski definition) is 7. The number of nitrogen functional groups attached to an aromatic ring is 1. The molecule has 11 heteroatoms. The molecule has 0 bridgehead atoms. The van der Waals surface area contributed by atoms with Crippen molar-refractivity contribution in [2.75, 3.05) is 51.0 Å². The lowest BCUT2D eigenvalue weighted by Gasteiger charge is -2.26. The number of nitrogens with two attached hydrogens (primary N) is 1. The molecule has 0 saturated carbocycles. The van der Waals surface area contributed by atoms with E-state index in [-0.39, 0.29) is 37.0 Å². The molecule has 11 nitrogen and oxygen atoms in total. The maximum absolute atomic E-state index is 13.4. The minimum atomic E-state index is -0.733. The van der Waals surface area contributed by atoms with Gasteiger partial charge in [0.15, 0.2) is 5.69 Å². The van der Waals surface area contributed by atoms with E-state index >= 15 is 0 Å².